The highest BCUT2D eigenvalue weighted by atomic mass is 15.0. The minimum atomic E-state index is 0.580. The summed E-state index contributed by atoms with van der Waals surface area (Å²) in [6, 6.07) is 10.0. The van der Waals surface area contributed by atoms with Gasteiger partial charge in [-0.2, -0.15) is 5.26 Å². The fourth-order valence-electron chi connectivity index (χ4n) is 2.31. The lowest BCUT2D eigenvalue weighted by Gasteiger charge is -2.11. The second-order valence-electron chi connectivity index (χ2n) is 4.76. The molecule has 0 spiro atoms. The van der Waals surface area contributed by atoms with Crippen molar-refractivity contribution in [2.24, 2.45) is 0 Å². The van der Waals surface area contributed by atoms with Crippen molar-refractivity contribution in [3.8, 4) is 6.07 Å². The molecule has 0 aliphatic heterocycles. The van der Waals surface area contributed by atoms with Crippen LogP contribution in [-0.4, -0.2) is 21.1 Å². The van der Waals surface area contributed by atoms with E-state index in [1.165, 1.54) is 0 Å². The van der Waals surface area contributed by atoms with Gasteiger partial charge in [-0.05, 0) is 12.5 Å². The van der Waals surface area contributed by atoms with Gasteiger partial charge in [0.05, 0.1) is 23.1 Å². The van der Waals surface area contributed by atoms with Gasteiger partial charge in [-0.3, -0.25) is 4.98 Å². The zero-order chi connectivity index (χ0) is 14.5. The van der Waals surface area contributed by atoms with Gasteiger partial charge in [0.25, 0.3) is 0 Å². The van der Waals surface area contributed by atoms with Gasteiger partial charge in [-0.25, -0.2) is 4.98 Å². The molecule has 5 heteroatoms. The number of hydrogen-bond donors (Lipinski definition) is 1. The van der Waals surface area contributed by atoms with E-state index in [1.807, 2.05) is 41.4 Å². The number of aromatic nitrogens is 3. The van der Waals surface area contributed by atoms with Crippen LogP contribution in [0.15, 0.2) is 49.2 Å². The Kier molecular flexibility index (Phi) is 3.79. The number of anilines is 1. The predicted molar refractivity (Wildman–Crippen MR) is 81.8 cm³/mol. The average molecular weight is 277 g/mol. The summed E-state index contributed by atoms with van der Waals surface area (Å²) in [7, 11) is 0. The molecular formula is C16H15N5. The number of imidazole rings is 1. The molecule has 1 N–H and O–H groups in total. The number of para-hydroxylation sites is 1. The first-order chi connectivity index (χ1) is 10.4. The molecule has 0 aliphatic rings. The quantitative estimate of drug-likeness (QED) is 0.728. The van der Waals surface area contributed by atoms with Gasteiger partial charge < -0.3 is 9.88 Å². The van der Waals surface area contributed by atoms with E-state index in [9.17, 15) is 5.26 Å². The van der Waals surface area contributed by atoms with Gasteiger partial charge in [0.15, 0.2) is 0 Å². The van der Waals surface area contributed by atoms with Crippen LogP contribution in [0.25, 0.3) is 10.9 Å². The average Bonchev–Trinajstić information content (AvgIpc) is 3.04. The number of fused-ring (bicyclic) bond motifs is 1. The van der Waals surface area contributed by atoms with Gasteiger partial charge in [0.1, 0.15) is 6.07 Å². The van der Waals surface area contributed by atoms with Crippen molar-refractivity contribution in [1.82, 2.24) is 14.5 Å². The molecule has 0 saturated carbocycles. The molecule has 0 bridgehead atoms. The molecule has 0 amide bonds. The maximum absolute atomic E-state index is 9.24. The number of pyridine rings is 1. The summed E-state index contributed by atoms with van der Waals surface area (Å²) in [6.07, 6.45) is 8.11. The SMILES string of the molecule is N#Cc1cnc2ccccc2c1NCCCn1ccnc1. The molecule has 5 nitrogen and oxygen atoms in total. The van der Waals surface area contributed by atoms with Crippen molar-refractivity contribution < 1.29 is 0 Å². The first kappa shape index (κ1) is 13.1. The van der Waals surface area contributed by atoms with Crippen molar-refractivity contribution in [2.45, 2.75) is 13.0 Å². The van der Waals surface area contributed by atoms with E-state index in [-0.39, 0.29) is 0 Å². The van der Waals surface area contributed by atoms with Crippen molar-refractivity contribution in [3.63, 3.8) is 0 Å². The number of nitrogens with one attached hydrogen (secondary N) is 1. The summed E-state index contributed by atoms with van der Waals surface area (Å²) in [5.41, 5.74) is 2.35. The molecule has 0 atom stereocenters. The third-order valence-electron chi connectivity index (χ3n) is 3.35. The van der Waals surface area contributed by atoms with E-state index in [4.69, 9.17) is 0 Å². The highest BCUT2D eigenvalue weighted by Crippen LogP contribution is 2.25. The van der Waals surface area contributed by atoms with Gasteiger partial charge in [-0.15, -0.1) is 0 Å². The molecule has 2 aromatic heterocycles. The number of nitriles is 1. The lowest BCUT2D eigenvalue weighted by atomic mass is 10.1. The normalized spacial score (nSPS) is 10.4. The number of nitrogens with zero attached hydrogens (tertiary/aromatic N) is 4. The van der Waals surface area contributed by atoms with Crippen LogP contribution in [0.3, 0.4) is 0 Å². The second-order valence-corrected chi connectivity index (χ2v) is 4.76. The Hall–Kier alpha value is -2.87. The molecule has 104 valence electrons. The Morgan fingerprint density at radius 3 is 3.00 bits per heavy atom. The Balaban J connectivity index is 1.74. The van der Waals surface area contributed by atoms with Crippen LogP contribution in [0, 0.1) is 11.3 Å². The van der Waals surface area contributed by atoms with E-state index in [1.54, 1.807) is 12.4 Å². The first-order valence-corrected chi connectivity index (χ1v) is 6.86. The standard InChI is InChI=1S/C16H15N5/c17-10-13-11-20-15-5-2-1-4-14(15)16(13)19-6-3-8-21-9-7-18-12-21/h1-2,4-5,7,9,11-12H,3,6,8H2,(H,19,20). The van der Waals surface area contributed by atoms with E-state index in [2.05, 4.69) is 21.4 Å². The Labute approximate surface area is 122 Å². The molecule has 0 saturated heterocycles. The maximum Gasteiger partial charge on any atom is 0.103 e. The van der Waals surface area contributed by atoms with Crippen LogP contribution >= 0.6 is 0 Å². The monoisotopic (exact) mass is 277 g/mol. The van der Waals surface area contributed by atoms with E-state index in [0.29, 0.717) is 5.56 Å². The molecule has 0 fully saturated rings. The van der Waals surface area contributed by atoms with Crippen LogP contribution in [-0.2, 0) is 6.54 Å². The van der Waals surface area contributed by atoms with Crippen molar-refractivity contribution in [2.75, 3.05) is 11.9 Å². The lowest BCUT2D eigenvalue weighted by Crippen LogP contribution is -2.07. The van der Waals surface area contributed by atoms with Crippen LogP contribution in [0.4, 0.5) is 5.69 Å². The number of benzene rings is 1. The molecule has 1 aromatic carbocycles. The van der Waals surface area contributed by atoms with E-state index >= 15 is 0 Å². The minimum Gasteiger partial charge on any atom is -0.383 e. The van der Waals surface area contributed by atoms with Gasteiger partial charge in [-0.1, -0.05) is 18.2 Å². The number of hydrogen-bond acceptors (Lipinski definition) is 4. The molecule has 21 heavy (non-hydrogen) atoms. The number of aryl methyl sites for hydroxylation is 1. The fourth-order valence-corrected chi connectivity index (χ4v) is 2.31. The van der Waals surface area contributed by atoms with Crippen molar-refractivity contribution >= 4 is 16.6 Å². The Morgan fingerprint density at radius 1 is 1.29 bits per heavy atom. The van der Waals surface area contributed by atoms with Crippen molar-refractivity contribution in [3.05, 3.63) is 54.7 Å². The van der Waals surface area contributed by atoms with Crippen molar-refractivity contribution in [1.29, 1.82) is 5.26 Å². The summed E-state index contributed by atoms with van der Waals surface area (Å²) >= 11 is 0. The molecular weight excluding hydrogens is 262 g/mol. The maximum atomic E-state index is 9.24. The van der Waals surface area contributed by atoms with Gasteiger partial charge >= 0.3 is 0 Å². The molecule has 3 rings (SSSR count). The first-order valence-electron chi connectivity index (χ1n) is 6.86. The summed E-state index contributed by atoms with van der Waals surface area (Å²) in [4.78, 5) is 8.33. The zero-order valence-corrected chi connectivity index (χ0v) is 11.5. The van der Waals surface area contributed by atoms with Crippen LogP contribution in [0.5, 0.6) is 0 Å². The largest absolute Gasteiger partial charge is 0.383 e. The molecule has 3 aromatic rings. The summed E-state index contributed by atoms with van der Waals surface area (Å²) < 4.78 is 2.04. The minimum absolute atomic E-state index is 0.580. The van der Waals surface area contributed by atoms with Crippen LogP contribution in [0.1, 0.15) is 12.0 Å². The fraction of sp³-hybridized carbons (Fsp3) is 0.188. The topological polar surface area (TPSA) is 66.5 Å². The van der Waals surface area contributed by atoms with Crippen LogP contribution < -0.4 is 5.32 Å². The summed E-state index contributed by atoms with van der Waals surface area (Å²) in [5.74, 6) is 0. The summed E-state index contributed by atoms with van der Waals surface area (Å²) in [5, 5.41) is 13.6. The van der Waals surface area contributed by atoms with Gasteiger partial charge in [0.2, 0.25) is 0 Å². The highest BCUT2D eigenvalue weighted by Gasteiger charge is 2.07. The molecule has 0 unspecified atom stereocenters. The smallest absolute Gasteiger partial charge is 0.103 e. The van der Waals surface area contributed by atoms with E-state index in [0.717, 1.165) is 36.1 Å². The second kappa shape index (κ2) is 6.06. The predicted octanol–water partition coefficient (Wildman–Crippen LogP) is 2.81. The van der Waals surface area contributed by atoms with Crippen LogP contribution in [0.2, 0.25) is 0 Å². The summed E-state index contributed by atoms with van der Waals surface area (Å²) in [6.45, 7) is 1.69. The highest BCUT2D eigenvalue weighted by molar-refractivity contribution is 5.93. The van der Waals surface area contributed by atoms with Gasteiger partial charge in [0, 0.05) is 37.1 Å². The number of rotatable bonds is 5. The lowest BCUT2D eigenvalue weighted by molar-refractivity contribution is 0.661. The molecule has 0 radical (unpaired) electrons. The third-order valence-corrected chi connectivity index (χ3v) is 3.35. The molecule has 2 heterocycles. The zero-order valence-electron chi connectivity index (χ0n) is 11.5. The Morgan fingerprint density at radius 2 is 2.19 bits per heavy atom. The third kappa shape index (κ3) is 2.84. The van der Waals surface area contributed by atoms with E-state index < -0.39 is 0 Å². The molecule has 0 aliphatic carbocycles. The Bertz CT molecular complexity index is 771.